The monoisotopic (exact) mass is 1060 g/mol. The molecule has 1 atom stereocenters. The van der Waals surface area contributed by atoms with E-state index in [0.717, 1.165) is 89.9 Å². The highest BCUT2D eigenvalue weighted by Crippen LogP contribution is 2.17. The van der Waals surface area contributed by atoms with E-state index in [4.69, 9.17) is 14.2 Å². The summed E-state index contributed by atoms with van der Waals surface area (Å²) in [7, 11) is 0. The average Bonchev–Trinajstić information content (AvgIpc) is 3.42. The van der Waals surface area contributed by atoms with E-state index >= 15 is 0 Å². The first kappa shape index (κ1) is 73.1. The summed E-state index contributed by atoms with van der Waals surface area (Å²) in [5.74, 6) is -0.871. The van der Waals surface area contributed by atoms with Crippen molar-refractivity contribution in [2.45, 2.75) is 354 Å². The first-order chi connectivity index (χ1) is 37.5. The Morgan fingerprint density at radius 3 is 0.776 bits per heavy atom. The van der Waals surface area contributed by atoms with Gasteiger partial charge in [-0.05, 0) is 83.5 Å². The van der Waals surface area contributed by atoms with Crippen LogP contribution in [0.4, 0.5) is 0 Å². The van der Waals surface area contributed by atoms with Crippen molar-refractivity contribution in [1.82, 2.24) is 0 Å². The second-order valence-electron chi connectivity index (χ2n) is 22.4. The summed E-state index contributed by atoms with van der Waals surface area (Å²) in [5, 5.41) is 0. The van der Waals surface area contributed by atoms with Crippen molar-refractivity contribution >= 4 is 17.9 Å². The van der Waals surface area contributed by atoms with Crippen molar-refractivity contribution in [2.24, 2.45) is 0 Å². The zero-order chi connectivity index (χ0) is 55.0. The largest absolute Gasteiger partial charge is 0.462 e. The third-order valence-electron chi connectivity index (χ3n) is 14.7. The molecule has 0 heterocycles. The van der Waals surface area contributed by atoms with Crippen molar-refractivity contribution in [3.05, 3.63) is 60.8 Å². The number of carbonyl (C=O) groups excluding carboxylic acids is 3. The summed E-state index contributed by atoms with van der Waals surface area (Å²) in [6.45, 7) is 6.62. The summed E-state index contributed by atoms with van der Waals surface area (Å²) in [6, 6.07) is 0. The third kappa shape index (κ3) is 62.0. The Kier molecular flexibility index (Phi) is 62.2. The fourth-order valence-corrected chi connectivity index (χ4v) is 9.70. The molecule has 0 radical (unpaired) electrons. The van der Waals surface area contributed by atoms with Crippen LogP contribution in [0.15, 0.2) is 60.8 Å². The SMILES string of the molecule is CCCC/C=C\C/C=C\CCCCCCCC(=O)OCC(COC(=O)CCCCCCCCCCCCCCCC/C=C\C/C=C\C/C=C\CCCCCCC)OC(=O)CCCCCCCCCCCCCCCCC. The van der Waals surface area contributed by atoms with E-state index in [-0.39, 0.29) is 31.1 Å². The van der Waals surface area contributed by atoms with Gasteiger partial charge in [-0.3, -0.25) is 14.4 Å². The Morgan fingerprint density at radius 2 is 0.487 bits per heavy atom. The molecular weight excluding hydrogens is 937 g/mol. The van der Waals surface area contributed by atoms with E-state index in [0.29, 0.717) is 19.3 Å². The van der Waals surface area contributed by atoms with Crippen LogP contribution in [0, 0.1) is 0 Å². The molecule has 6 heteroatoms. The molecule has 0 saturated carbocycles. The first-order valence-corrected chi connectivity index (χ1v) is 33.3. The van der Waals surface area contributed by atoms with Crippen LogP contribution in [0.3, 0.4) is 0 Å². The molecule has 0 rings (SSSR count). The van der Waals surface area contributed by atoms with Gasteiger partial charge >= 0.3 is 17.9 Å². The Morgan fingerprint density at radius 1 is 0.263 bits per heavy atom. The number of carbonyl (C=O) groups is 3. The van der Waals surface area contributed by atoms with Gasteiger partial charge in [0, 0.05) is 19.3 Å². The van der Waals surface area contributed by atoms with E-state index in [2.05, 4.69) is 81.5 Å². The van der Waals surface area contributed by atoms with E-state index in [9.17, 15) is 14.4 Å². The molecule has 0 aromatic rings. The van der Waals surface area contributed by atoms with Crippen LogP contribution < -0.4 is 0 Å². The molecule has 0 aromatic heterocycles. The zero-order valence-electron chi connectivity index (χ0n) is 50.8. The number of allylic oxidation sites excluding steroid dienone is 10. The maximum Gasteiger partial charge on any atom is 0.306 e. The Balaban J connectivity index is 4.21. The van der Waals surface area contributed by atoms with Gasteiger partial charge in [-0.1, -0.05) is 306 Å². The van der Waals surface area contributed by atoms with Gasteiger partial charge < -0.3 is 14.2 Å². The predicted molar refractivity (Wildman–Crippen MR) is 330 cm³/mol. The Labute approximate surface area is 472 Å². The molecule has 0 aliphatic rings. The number of unbranched alkanes of at least 4 members (excludes halogenated alkanes) is 40. The van der Waals surface area contributed by atoms with Crippen LogP contribution in [-0.2, 0) is 28.6 Å². The quantitative estimate of drug-likeness (QED) is 0.0261. The lowest BCUT2D eigenvalue weighted by Gasteiger charge is -2.18. The van der Waals surface area contributed by atoms with Crippen LogP contribution in [0.2, 0.25) is 0 Å². The van der Waals surface area contributed by atoms with Crippen molar-refractivity contribution in [1.29, 1.82) is 0 Å². The minimum atomic E-state index is -0.778. The van der Waals surface area contributed by atoms with Crippen molar-refractivity contribution in [3.63, 3.8) is 0 Å². The molecule has 0 N–H and O–H groups in total. The molecule has 442 valence electrons. The highest BCUT2D eigenvalue weighted by molar-refractivity contribution is 5.71. The van der Waals surface area contributed by atoms with Gasteiger partial charge in [0.05, 0.1) is 0 Å². The van der Waals surface area contributed by atoms with Crippen molar-refractivity contribution < 1.29 is 28.6 Å². The van der Waals surface area contributed by atoms with Gasteiger partial charge in [0.15, 0.2) is 6.10 Å². The number of ether oxygens (including phenoxy) is 3. The van der Waals surface area contributed by atoms with Crippen molar-refractivity contribution in [2.75, 3.05) is 13.2 Å². The minimum Gasteiger partial charge on any atom is -0.462 e. The second kappa shape index (κ2) is 64.6. The van der Waals surface area contributed by atoms with E-state index in [1.807, 2.05) is 0 Å². The molecule has 0 aliphatic carbocycles. The van der Waals surface area contributed by atoms with Crippen LogP contribution in [-0.4, -0.2) is 37.2 Å². The van der Waals surface area contributed by atoms with E-state index in [1.165, 1.54) is 218 Å². The van der Waals surface area contributed by atoms with Gasteiger partial charge in [0.1, 0.15) is 13.2 Å². The molecule has 76 heavy (non-hydrogen) atoms. The molecule has 0 fully saturated rings. The highest BCUT2D eigenvalue weighted by Gasteiger charge is 2.19. The number of hydrogen-bond donors (Lipinski definition) is 0. The number of rotatable bonds is 61. The van der Waals surface area contributed by atoms with E-state index in [1.54, 1.807) is 0 Å². The summed E-state index contributed by atoms with van der Waals surface area (Å²) in [5.41, 5.74) is 0. The lowest BCUT2D eigenvalue weighted by atomic mass is 10.0. The first-order valence-electron chi connectivity index (χ1n) is 33.3. The van der Waals surface area contributed by atoms with Gasteiger partial charge in [0.25, 0.3) is 0 Å². The lowest BCUT2D eigenvalue weighted by molar-refractivity contribution is -0.167. The Hall–Kier alpha value is -2.89. The minimum absolute atomic E-state index is 0.0752. The maximum atomic E-state index is 12.9. The molecule has 0 bridgehead atoms. The molecule has 0 spiro atoms. The fourth-order valence-electron chi connectivity index (χ4n) is 9.70. The summed E-state index contributed by atoms with van der Waals surface area (Å²) < 4.78 is 16.9. The number of hydrogen-bond acceptors (Lipinski definition) is 6. The van der Waals surface area contributed by atoms with Crippen LogP contribution in [0.1, 0.15) is 348 Å². The van der Waals surface area contributed by atoms with Gasteiger partial charge in [0.2, 0.25) is 0 Å². The lowest BCUT2D eigenvalue weighted by Crippen LogP contribution is -2.30. The smallest absolute Gasteiger partial charge is 0.306 e. The normalized spacial score (nSPS) is 12.4. The molecule has 0 saturated heterocycles. The molecule has 6 nitrogen and oxygen atoms in total. The Bertz CT molecular complexity index is 1360. The highest BCUT2D eigenvalue weighted by atomic mass is 16.6. The fraction of sp³-hybridized carbons (Fsp3) is 0.814. The third-order valence-corrected chi connectivity index (χ3v) is 14.7. The van der Waals surface area contributed by atoms with Crippen LogP contribution in [0.5, 0.6) is 0 Å². The molecule has 0 aromatic carbocycles. The molecule has 0 aliphatic heterocycles. The topological polar surface area (TPSA) is 78.9 Å². The summed E-state index contributed by atoms with van der Waals surface area (Å²) in [6.07, 6.45) is 82.4. The molecule has 0 amide bonds. The van der Waals surface area contributed by atoms with Gasteiger partial charge in [-0.2, -0.15) is 0 Å². The van der Waals surface area contributed by atoms with Crippen molar-refractivity contribution in [3.8, 4) is 0 Å². The zero-order valence-corrected chi connectivity index (χ0v) is 50.8. The van der Waals surface area contributed by atoms with E-state index < -0.39 is 6.10 Å². The van der Waals surface area contributed by atoms with Gasteiger partial charge in [-0.15, -0.1) is 0 Å². The maximum absolute atomic E-state index is 12.9. The standard InChI is InChI=1S/C70H126O6/c1-4-7-10-13-16-19-22-25-28-29-30-31-32-33-34-35-36-37-38-39-40-41-43-45-48-51-54-57-60-63-69(72)75-66-67(65-74-68(71)62-59-56-53-50-47-44-27-24-21-18-15-12-9-6-3)76-70(73)64-61-58-55-52-49-46-42-26-23-20-17-14-11-8-5-2/h15,18,22,24-25,27,29-30,32-33,67H,4-14,16-17,19-21,23,26,28,31,34-66H2,1-3H3/b18-15-,25-22-,27-24-,30-29-,33-32-. The second-order valence-corrected chi connectivity index (χ2v) is 22.4. The van der Waals surface area contributed by atoms with Crippen LogP contribution in [0.25, 0.3) is 0 Å². The summed E-state index contributed by atoms with van der Waals surface area (Å²) in [4.78, 5) is 38.3. The predicted octanol–water partition coefficient (Wildman–Crippen LogP) is 22.7. The molecule has 1 unspecified atom stereocenters. The van der Waals surface area contributed by atoms with Gasteiger partial charge in [-0.25, -0.2) is 0 Å². The summed E-state index contributed by atoms with van der Waals surface area (Å²) >= 11 is 0. The number of esters is 3. The van der Waals surface area contributed by atoms with Crippen LogP contribution >= 0.6 is 0 Å². The molecular formula is C70H126O6. The average molecular weight is 1060 g/mol.